The summed E-state index contributed by atoms with van der Waals surface area (Å²) in [6.45, 7) is 12.6. The number of nitrogens with zero attached hydrogens (tertiary/aromatic N) is 4. The van der Waals surface area contributed by atoms with Crippen LogP contribution in [0.5, 0.6) is 0 Å². The van der Waals surface area contributed by atoms with Crippen molar-refractivity contribution in [3.63, 3.8) is 0 Å². The van der Waals surface area contributed by atoms with E-state index in [1.54, 1.807) is 149 Å². The van der Waals surface area contributed by atoms with E-state index in [1.165, 1.54) is 23.6 Å². The van der Waals surface area contributed by atoms with Gasteiger partial charge in [0.25, 0.3) is 11.8 Å². The summed E-state index contributed by atoms with van der Waals surface area (Å²) in [5, 5.41) is 20.5. The monoisotopic (exact) mass is 1370 g/mol. The largest absolute Gasteiger partial charge is 0.478 e. The van der Waals surface area contributed by atoms with Crippen LogP contribution in [0.4, 0.5) is 22.7 Å². The highest BCUT2D eigenvalue weighted by molar-refractivity contribution is 14.1. The third-order valence-corrected chi connectivity index (χ3v) is 14.4. The molecule has 0 radical (unpaired) electrons. The lowest BCUT2D eigenvalue weighted by Crippen LogP contribution is -2.50. The van der Waals surface area contributed by atoms with Crippen LogP contribution in [-0.4, -0.2) is 67.3 Å². The molecule has 0 aliphatic carbocycles. The number of halogens is 6. The number of carboxylic acid groups (broad SMARTS) is 2. The minimum absolute atomic E-state index is 0.00315. The molecule has 0 aliphatic heterocycles. The molecule has 0 fully saturated rings. The van der Waals surface area contributed by atoms with Crippen LogP contribution in [0, 0.1) is 21.4 Å². The molecule has 0 heterocycles. The molecule has 0 spiro atoms. The SMILES string of the molecule is C=CC(=O)N(c1c(I)c(C(=O)O)c(I)c(N(CC)C(C)=O)c1I)S(=O)(=O)N(C(=O)C=C)c1c(I)c(C(=O)O)c(I)c(N(CC)C(C)=O)c1I. The summed E-state index contributed by atoms with van der Waals surface area (Å²) in [6.07, 6.45) is 1.26. The summed E-state index contributed by atoms with van der Waals surface area (Å²) in [6, 6.07) is 0. The van der Waals surface area contributed by atoms with Gasteiger partial charge in [-0.05, 0) is 162 Å². The van der Waals surface area contributed by atoms with Gasteiger partial charge in [-0.1, -0.05) is 13.2 Å². The molecule has 0 saturated heterocycles. The van der Waals surface area contributed by atoms with E-state index in [0.717, 1.165) is 0 Å². The molecule has 0 aliphatic rings. The van der Waals surface area contributed by atoms with Crippen molar-refractivity contribution >= 4 is 204 Å². The molecule has 2 aromatic rings. The van der Waals surface area contributed by atoms with Crippen molar-refractivity contribution in [1.82, 2.24) is 0 Å². The van der Waals surface area contributed by atoms with Crippen LogP contribution in [0.25, 0.3) is 0 Å². The Morgan fingerprint density at radius 1 is 0.592 bits per heavy atom. The van der Waals surface area contributed by atoms with E-state index < -0.39 is 68.3 Å². The standard InChI is InChI=1S/C28H24I6N4O10S/c1-7-13(41)37(25-19(31)15(27(43)44)17(29)23(21(25)33)35(9-3)11(5)39)49(47,48)38(14(42)8-2)26-20(32)16(28(45)46)18(30)24(22(26)34)36(10-4)12(6)40/h7-8H,1-2,9-10H2,3-6H3,(H,43,44)(H,45,46). The second-order valence-electron chi connectivity index (χ2n) is 9.29. The number of carbonyl (C=O) groups is 6. The summed E-state index contributed by atoms with van der Waals surface area (Å²) >= 11 is 9.96. The van der Waals surface area contributed by atoms with Crippen LogP contribution in [-0.2, 0) is 29.4 Å². The average Bonchev–Trinajstić information content (AvgIpc) is 2.99. The molecule has 2 N–H and O–H groups in total. The second-order valence-corrected chi connectivity index (χ2v) is 17.4. The number of hydrogen-bond donors (Lipinski definition) is 2. The van der Waals surface area contributed by atoms with Gasteiger partial charge in [0, 0.05) is 26.9 Å². The molecule has 0 atom stereocenters. The van der Waals surface area contributed by atoms with Crippen molar-refractivity contribution in [3.8, 4) is 0 Å². The second kappa shape index (κ2) is 17.7. The van der Waals surface area contributed by atoms with Crippen LogP contribution >= 0.6 is 136 Å². The van der Waals surface area contributed by atoms with E-state index in [9.17, 15) is 47.4 Å². The predicted molar refractivity (Wildman–Crippen MR) is 235 cm³/mol. The topological polar surface area (TPSA) is 190 Å². The molecule has 4 amide bonds. The zero-order valence-electron chi connectivity index (χ0n) is 25.6. The first-order valence-corrected chi connectivity index (χ1v) is 21.1. The van der Waals surface area contributed by atoms with Crippen molar-refractivity contribution in [2.45, 2.75) is 27.7 Å². The molecule has 21 heteroatoms. The predicted octanol–water partition coefficient (Wildman–Crippen LogP) is 6.44. The third kappa shape index (κ3) is 8.34. The van der Waals surface area contributed by atoms with E-state index in [1.807, 2.05) is 0 Å². The van der Waals surface area contributed by atoms with Gasteiger partial charge < -0.3 is 20.0 Å². The number of carboxylic acids is 2. The highest BCUT2D eigenvalue weighted by Crippen LogP contribution is 2.47. The maximum absolute atomic E-state index is 15.0. The van der Waals surface area contributed by atoms with E-state index in [0.29, 0.717) is 12.2 Å². The number of amides is 4. The summed E-state index contributed by atoms with van der Waals surface area (Å²) in [7, 11) is -5.52. The zero-order chi connectivity index (χ0) is 38.0. The number of carbonyl (C=O) groups excluding carboxylic acids is 4. The van der Waals surface area contributed by atoms with Crippen LogP contribution in [0.3, 0.4) is 0 Å². The molecule has 14 nitrogen and oxygen atoms in total. The minimum Gasteiger partial charge on any atom is -0.478 e. The molecular weight excluding hydrogens is 1350 g/mol. The molecular formula is C28H24I6N4O10S. The highest BCUT2D eigenvalue weighted by atomic mass is 127. The van der Waals surface area contributed by atoms with E-state index >= 15 is 0 Å². The molecule has 49 heavy (non-hydrogen) atoms. The van der Waals surface area contributed by atoms with Gasteiger partial charge in [-0.2, -0.15) is 17.0 Å². The number of rotatable bonds is 12. The van der Waals surface area contributed by atoms with Gasteiger partial charge in [0.05, 0.1) is 55.3 Å². The van der Waals surface area contributed by atoms with Crippen molar-refractivity contribution < 1.29 is 47.4 Å². The normalized spacial score (nSPS) is 11.0. The Kier molecular flexibility index (Phi) is 16.0. The lowest BCUT2D eigenvalue weighted by molar-refractivity contribution is -0.117. The van der Waals surface area contributed by atoms with Gasteiger partial charge in [0.1, 0.15) is 0 Å². The van der Waals surface area contributed by atoms with Crippen LogP contribution in [0.1, 0.15) is 48.4 Å². The summed E-state index contributed by atoms with van der Waals surface area (Å²) in [4.78, 5) is 80.5. The van der Waals surface area contributed by atoms with Crippen molar-refractivity contribution in [3.05, 3.63) is 57.9 Å². The van der Waals surface area contributed by atoms with Crippen LogP contribution in [0.2, 0.25) is 0 Å². The Balaban J connectivity index is 3.40. The number of aromatic carboxylic acids is 2. The Labute approximate surface area is 363 Å². The maximum Gasteiger partial charge on any atom is 0.340 e. The Hall–Kier alpha value is -0.930. The fourth-order valence-electron chi connectivity index (χ4n) is 4.48. The lowest BCUT2D eigenvalue weighted by Gasteiger charge is -2.34. The smallest absolute Gasteiger partial charge is 0.340 e. The molecule has 2 aromatic carbocycles. The van der Waals surface area contributed by atoms with Gasteiger partial charge in [-0.3, -0.25) is 19.2 Å². The van der Waals surface area contributed by atoms with Crippen LogP contribution < -0.4 is 18.4 Å². The van der Waals surface area contributed by atoms with Crippen LogP contribution in [0.15, 0.2) is 25.3 Å². The zero-order valence-corrected chi connectivity index (χ0v) is 39.4. The van der Waals surface area contributed by atoms with E-state index in [4.69, 9.17) is 0 Å². The highest BCUT2D eigenvalue weighted by Gasteiger charge is 2.45. The average molecular weight is 1370 g/mol. The fraction of sp³-hybridized carbons (Fsp3) is 0.214. The number of hydrogen-bond acceptors (Lipinski definition) is 8. The maximum atomic E-state index is 15.0. The van der Waals surface area contributed by atoms with Crippen molar-refractivity contribution in [2.24, 2.45) is 0 Å². The lowest BCUT2D eigenvalue weighted by atomic mass is 10.1. The first-order valence-electron chi connectivity index (χ1n) is 13.2. The number of benzene rings is 2. The molecule has 0 unspecified atom stereocenters. The molecule has 2 rings (SSSR count). The number of anilines is 4. The summed E-state index contributed by atoms with van der Waals surface area (Å²) in [5.41, 5.74) is -1.88. The first-order chi connectivity index (χ1) is 22.6. The van der Waals surface area contributed by atoms with Gasteiger partial charge in [-0.25, -0.2) is 9.59 Å². The minimum atomic E-state index is -5.52. The fourth-order valence-corrected chi connectivity index (χ4v) is 16.1. The third-order valence-electron chi connectivity index (χ3n) is 6.52. The summed E-state index contributed by atoms with van der Waals surface area (Å²) in [5.74, 6) is -6.68. The Bertz CT molecular complexity index is 1820. The Morgan fingerprint density at radius 2 is 0.857 bits per heavy atom. The van der Waals surface area contributed by atoms with Gasteiger partial charge in [0.2, 0.25) is 11.8 Å². The Morgan fingerprint density at radius 3 is 1.06 bits per heavy atom. The molecule has 264 valence electrons. The van der Waals surface area contributed by atoms with Gasteiger partial charge in [0.15, 0.2) is 0 Å². The quantitative estimate of drug-likeness (QED) is 0.177. The summed E-state index contributed by atoms with van der Waals surface area (Å²) < 4.78 is 29.9. The first kappa shape index (κ1) is 44.2. The van der Waals surface area contributed by atoms with E-state index in [-0.39, 0.29) is 54.5 Å². The molecule has 0 aromatic heterocycles. The van der Waals surface area contributed by atoms with Crippen molar-refractivity contribution in [1.29, 1.82) is 0 Å². The van der Waals surface area contributed by atoms with Gasteiger partial charge in [-0.15, -0.1) is 0 Å². The van der Waals surface area contributed by atoms with Crippen molar-refractivity contribution in [2.75, 3.05) is 31.5 Å². The van der Waals surface area contributed by atoms with Gasteiger partial charge >= 0.3 is 22.1 Å². The molecule has 0 bridgehead atoms. The molecule has 0 saturated carbocycles. The van der Waals surface area contributed by atoms with E-state index in [2.05, 4.69) is 13.2 Å².